The Morgan fingerprint density at radius 2 is 2.00 bits per heavy atom. The molecule has 3 aliphatic rings. The summed E-state index contributed by atoms with van der Waals surface area (Å²) in [6.07, 6.45) is 7.02. The standard InChI is InChI=1S/C18H18N2OS/c1-2-7-16-13(6-1)15-12-14(17-8-5-11-22-17)19-20(15)18(21-16)9-3-4-10-18/h1-2,5-8,11-12,15,19H,3-4,9-10H2. The summed E-state index contributed by atoms with van der Waals surface area (Å²) < 4.78 is 6.49. The van der Waals surface area contributed by atoms with Crippen LogP contribution in [0.15, 0.2) is 47.9 Å². The Balaban J connectivity index is 1.63. The van der Waals surface area contributed by atoms with Crippen LogP contribution in [0.4, 0.5) is 0 Å². The molecule has 4 heteroatoms. The molecule has 0 radical (unpaired) electrons. The van der Waals surface area contributed by atoms with Gasteiger partial charge in [-0.1, -0.05) is 24.3 Å². The Kier molecular flexibility index (Phi) is 2.67. The lowest BCUT2D eigenvalue weighted by atomic mass is 9.98. The third kappa shape index (κ3) is 1.71. The molecule has 1 aromatic carbocycles. The number of nitrogens with zero attached hydrogens (tertiary/aromatic N) is 1. The lowest BCUT2D eigenvalue weighted by Gasteiger charge is -2.46. The lowest BCUT2D eigenvalue weighted by Crippen LogP contribution is -2.58. The van der Waals surface area contributed by atoms with Crippen molar-refractivity contribution in [1.82, 2.24) is 10.4 Å². The normalized spacial score (nSPS) is 25.3. The van der Waals surface area contributed by atoms with Crippen LogP contribution < -0.4 is 10.2 Å². The monoisotopic (exact) mass is 310 g/mol. The van der Waals surface area contributed by atoms with Crippen LogP contribution in [0.2, 0.25) is 0 Å². The van der Waals surface area contributed by atoms with Crippen molar-refractivity contribution in [2.75, 3.05) is 0 Å². The molecule has 2 aliphatic heterocycles. The van der Waals surface area contributed by atoms with Crippen LogP contribution >= 0.6 is 11.3 Å². The molecule has 0 amide bonds. The van der Waals surface area contributed by atoms with Gasteiger partial charge in [-0.25, -0.2) is 0 Å². The number of hydrogen-bond acceptors (Lipinski definition) is 4. The van der Waals surface area contributed by atoms with Crippen LogP contribution in [0, 0.1) is 0 Å². The zero-order chi connectivity index (χ0) is 14.6. The number of hydrogen-bond donors (Lipinski definition) is 1. The van der Waals surface area contributed by atoms with Gasteiger partial charge < -0.3 is 10.2 Å². The molecule has 0 saturated heterocycles. The van der Waals surface area contributed by atoms with Crippen molar-refractivity contribution in [3.63, 3.8) is 0 Å². The lowest BCUT2D eigenvalue weighted by molar-refractivity contribution is -0.125. The topological polar surface area (TPSA) is 24.5 Å². The van der Waals surface area contributed by atoms with Crippen molar-refractivity contribution < 1.29 is 4.74 Å². The minimum Gasteiger partial charge on any atom is -0.471 e. The molecule has 1 saturated carbocycles. The summed E-state index contributed by atoms with van der Waals surface area (Å²) in [4.78, 5) is 1.29. The van der Waals surface area contributed by atoms with Crippen molar-refractivity contribution in [3.8, 4) is 5.75 Å². The van der Waals surface area contributed by atoms with E-state index in [4.69, 9.17) is 4.74 Å². The number of rotatable bonds is 1. The second kappa shape index (κ2) is 4.61. The van der Waals surface area contributed by atoms with E-state index in [1.54, 1.807) is 11.3 Å². The number of benzene rings is 1. The number of fused-ring (bicyclic) bond motifs is 4. The summed E-state index contributed by atoms with van der Waals surface area (Å²) in [5, 5.41) is 4.49. The summed E-state index contributed by atoms with van der Waals surface area (Å²) in [6, 6.07) is 13.0. The molecule has 2 aromatic rings. The Labute approximate surface area is 134 Å². The van der Waals surface area contributed by atoms with Crippen molar-refractivity contribution in [2.45, 2.75) is 37.5 Å². The van der Waals surface area contributed by atoms with E-state index in [0.717, 1.165) is 18.6 Å². The van der Waals surface area contributed by atoms with Gasteiger partial charge in [-0.3, -0.25) is 0 Å². The summed E-state index contributed by atoms with van der Waals surface area (Å²) >= 11 is 1.78. The van der Waals surface area contributed by atoms with Crippen LogP contribution in [0.3, 0.4) is 0 Å². The van der Waals surface area contributed by atoms with Gasteiger partial charge in [0.05, 0.1) is 16.6 Å². The molecule has 3 nitrogen and oxygen atoms in total. The highest BCUT2D eigenvalue weighted by Crippen LogP contribution is 2.50. The highest BCUT2D eigenvalue weighted by atomic mass is 32.1. The molecule has 112 valence electrons. The van der Waals surface area contributed by atoms with Crippen molar-refractivity contribution in [1.29, 1.82) is 0 Å². The molecule has 5 rings (SSSR count). The number of ether oxygens (including phenoxy) is 1. The third-order valence-corrected chi connectivity index (χ3v) is 5.89. The highest BCUT2D eigenvalue weighted by Gasteiger charge is 2.51. The molecule has 1 aliphatic carbocycles. The smallest absolute Gasteiger partial charge is 0.180 e. The van der Waals surface area contributed by atoms with E-state index in [9.17, 15) is 0 Å². The van der Waals surface area contributed by atoms with Gasteiger partial charge in [0.15, 0.2) is 5.72 Å². The van der Waals surface area contributed by atoms with Gasteiger partial charge in [-0.15, -0.1) is 11.3 Å². The zero-order valence-corrected chi connectivity index (χ0v) is 13.1. The van der Waals surface area contributed by atoms with Crippen LogP contribution in [0.25, 0.3) is 5.70 Å². The molecule has 1 aromatic heterocycles. The van der Waals surface area contributed by atoms with Gasteiger partial charge in [0.2, 0.25) is 0 Å². The second-order valence-electron chi connectivity index (χ2n) is 6.28. The molecule has 1 unspecified atom stereocenters. The van der Waals surface area contributed by atoms with E-state index in [-0.39, 0.29) is 11.8 Å². The fraction of sp³-hybridized carbons (Fsp3) is 0.333. The molecule has 1 fully saturated rings. The fourth-order valence-electron chi connectivity index (χ4n) is 3.96. The first-order chi connectivity index (χ1) is 10.9. The summed E-state index contributed by atoms with van der Waals surface area (Å²) in [6.45, 7) is 0. The quantitative estimate of drug-likeness (QED) is 0.849. The van der Waals surface area contributed by atoms with Crippen molar-refractivity contribution in [3.05, 3.63) is 58.3 Å². The second-order valence-corrected chi connectivity index (χ2v) is 7.23. The van der Waals surface area contributed by atoms with E-state index in [2.05, 4.69) is 58.3 Å². The first-order valence-corrected chi connectivity index (χ1v) is 8.83. The van der Waals surface area contributed by atoms with E-state index < -0.39 is 0 Å². The summed E-state index contributed by atoms with van der Waals surface area (Å²) in [7, 11) is 0. The van der Waals surface area contributed by atoms with Crippen LogP contribution in [0.5, 0.6) is 5.75 Å². The summed E-state index contributed by atoms with van der Waals surface area (Å²) in [5.41, 5.74) is 5.94. The summed E-state index contributed by atoms with van der Waals surface area (Å²) in [5.74, 6) is 1.05. The van der Waals surface area contributed by atoms with Gasteiger partial charge in [0.25, 0.3) is 0 Å². The van der Waals surface area contributed by atoms with Gasteiger partial charge in [0, 0.05) is 18.4 Å². The van der Waals surface area contributed by atoms with Gasteiger partial charge >= 0.3 is 0 Å². The molecule has 0 bridgehead atoms. The molecular formula is C18H18N2OS. The molecule has 1 spiro atoms. The Bertz CT molecular complexity index is 731. The Hall–Kier alpha value is -1.78. The first-order valence-electron chi connectivity index (χ1n) is 7.95. The minimum absolute atomic E-state index is 0.186. The van der Waals surface area contributed by atoms with Crippen molar-refractivity contribution in [2.24, 2.45) is 0 Å². The van der Waals surface area contributed by atoms with E-state index >= 15 is 0 Å². The number of thiophene rings is 1. The van der Waals surface area contributed by atoms with Crippen LogP contribution in [-0.2, 0) is 0 Å². The van der Waals surface area contributed by atoms with Gasteiger partial charge in [-0.05, 0) is 36.4 Å². The maximum Gasteiger partial charge on any atom is 0.180 e. The molecule has 1 N–H and O–H groups in total. The molecule has 1 atom stereocenters. The van der Waals surface area contributed by atoms with Gasteiger partial charge in [0.1, 0.15) is 5.75 Å². The van der Waals surface area contributed by atoms with Crippen LogP contribution in [-0.4, -0.2) is 10.7 Å². The SMILES string of the molecule is C1=C(c2cccs2)NN2C1c1ccccc1OC21CCCC1. The van der Waals surface area contributed by atoms with Crippen molar-refractivity contribution >= 4 is 17.0 Å². The number of hydrazine groups is 1. The predicted molar refractivity (Wildman–Crippen MR) is 88.3 cm³/mol. The largest absolute Gasteiger partial charge is 0.471 e. The Morgan fingerprint density at radius 3 is 2.82 bits per heavy atom. The van der Waals surface area contributed by atoms with E-state index in [1.165, 1.54) is 29.0 Å². The zero-order valence-electron chi connectivity index (χ0n) is 12.3. The maximum atomic E-state index is 6.49. The third-order valence-electron chi connectivity index (χ3n) is 4.99. The molecular weight excluding hydrogens is 292 g/mol. The highest BCUT2D eigenvalue weighted by molar-refractivity contribution is 7.11. The fourth-order valence-corrected chi connectivity index (χ4v) is 4.67. The average Bonchev–Trinajstić information content (AvgIpc) is 3.28. The number of nitrogens with one attached hydrogen (secondary N) is 1. The maximum absolute atomic E-state index is 6.49. The molecule has 22 heavy (non-hydrogen) atoms. The van der Waals surface area contributed by atoms with E-state index in [0.29, 0.717) is 0 Å². The number of para-hydroxylation sites is 1. The Morgan fingerprint density at radius 1 is 1.14 bits per heavy atom. The average molecular weight is 310 g/mol. The first kappa shape index (κ1) is 12.7. The van der Waals surface area contributed by atoms with Crippen LogP contribution in [0.1, 0.15) is 42.2 Å². The predicted octanol–water partition coefficient (Wildman–Crippen LogP) is 4.31. The molecule has 3 heterocycles. The van der Waals surface area contributed by atoms with E-state index in [1.807, 2.05) is 0 Å². The minimum atomic E-state index is -0.186. The van der Waals surface area contributed by atoms with Gasteiger partial charge in [-0.2, -0.15) is 5.01 Å².